The van der Waals surface area contributed by atoms with Gasteiger partial charge in [0.15, 0.2) is 0 Å². The van der Waals surface area contributed by atoms with Crippen molar-refractivity contribution in [2.24, 2.45) is 0 Å². The number of rotatable bonds is 4. The van der Waals surface area contributed by atoms with E-state index in [4.69, 9.17) is 0 Å². The molecule has 4 heteroatoms. The van der Waals surface area contributed by atoms with Gasteiger partial charge in [-0.2, -0.15) is 0 Å². The summed E-state index contributed by atoms with van der Waals surface area (Å²) in [4.78, 5) is 26.6. The van der Waals surface area contributed by atoms with Gasteiger partial charge in [-0.15, -0.1) is 0 Å². The Hall–Kier alpha value is -2.62. The summed E-state index contributed by atoms with van der Waals surface area (Å²) < 4.78 is 0. The Morgan fingerprint density at radius 3 is 2.38 bits per heavy atom. The fourth-order valence-electron chi connectivity index (χ4n) is 3.10. The minimum absolute atomic E-state index is 0.0141. The van der Waals surface area contributed by atoms with E-state index in [0.29, 0.717) is 18.5 Å². The normalized spacial score (nSPS) is 17.3. The summed E-state index contributed by atoms with van der Waals surface area (Å²) in [5.74, 6) is 0.0535. The quantitative estimate of drug-likeness (QED) is 0.941. The van der Waals surface area contributed by atoms with E-state index in [1.807, 2.05) is 65.6 Å². The maximum Gasteiger partial charge on any atom is 0.253 e. The lowest BCUT2D eigenvalue weighted by molar-refractivity contribution is -0.121. The number of nitrogens with one attached hydrogen (secondary N) is 1. The molecular formula is C20H22N2O2. The van der Waals surface area contributed by atoms with Gasteiger partial charge in [0.25, 0.3) is 5.91 Å². The second kappa shape index (κ2) is 7.77. The second-order valence-corrected chi connectivity index (χ2v) is 6.19. The summed E-state index contributed by atoms with van der Waals surface area (Å²) in [7, 11) is 0. The lowest BCUT2D eigenvalue weighted by Crippen LogP contribution is -2.49. The predicted molar refractivity (Wildman–Crippen MR) is 93.7 cm³/mol. The van der Waals surface area contributed by atoms with Crippen LogP contribution in [0.25, 0.3) is 0 Å². The van der Waals surface area contributed by atoms with Gasteiger partial charge in [-0.1, -0.05) is 48.5 Å². The highest BCUT2D eigenvalue weighted by atomic mass is 16.2. The van der Waals surface area contributed by atoms with Gasteiger partial charge in [-0.3, -0.25) is 9.59 Å². The molecule has 24 heavy (non-hydrogen) atoms. The number of hydrogen-bond acceptors (Lipinski definition) is 2. The molecule has 1 fully saturated rings. The minimum Gasteiger partial charge on any atom is -0.351 e. The molecular weight excluding hydrogens is 300 g/mol. The Morgan fingerprint density at radius 2 is 1.67 bits per heavy atom. The van der Waals surface area contributed by atoms with Crippen molar-refractivity contribution in [1.29, 1.82) is 0 Å². The van der Waals surface area contributed by atoms with Crippen LogP contribution in [0, 0.1) is 0 Å². The van der Waals surface area contributed by atoms with Gasteiger partial charge < -0.3 is 10.2 Å². The number of hydrogen-bond donors (Lipinski definition) is 1. The molecule has 1 unspecified atom stereocenters. The molecule has 0 saturated carbocycles. The van der Waals surface area contributed by atoms with Crippen molar-refractivity contribution in [2.45, 2.75) is 25.3 Å². The van der Waals surface area contributed by atoms with E-state index in [1.54, 1.807) is 0 Å². The third-order valence-electron chi connectivity index (χ3n) is 4.30. The summed E-state index contributed by atoms with van der Waals surface area (Å²) >= 11 is 0. The standard InChI is InChI=1S/C20H22N2O2/c23-19(14-16-8-3-1-4-9-16)21-18-12-7-13-22(15-18)20(24)17-10-5-2-6-11-17/h1-6,8-11,18H,7,12-15H2,(H,21,23). The molecule has 0 radical (unpaired) electrons. The van der Waals surface area contributed by atoms with Gasteiger partial charge in [-0.05, 0) is 30.5 Å². The van der Waals surface area contributed by atoms with Gasteiger partial charge in [0.1, 0.15) is 0 Å². The van der Waals surface area contributed by atoms with Crippen LogP contribution in [0.15, 0.2) is 60.7 Å². The lowest BCUT2D eigenvalue weighted by Gasteiger charge is -2.33. The fourth-order valence-corrected chi connectivity index (χ4v) is 3.10. The molecule has 3 rings (SSSR count). The molecule has 2 aromatic carbocycles. The highest BCUT2D eigenvalue weighted by Gasteiger charge is 2.25. The third-order valence-corrected chi connectivity index (χ3v) is 4.30. The summed E-state index contributed by atoms with van der Waals surface area (Å²) in [6.07, 6.45) is 2.21. The van der Waals surface area contributed by atoms with Crippen molar-refractivity contribution >= 4 is 11.8 Å². The van der Waals surface area contributed by atoms with Crippen LogP contribution >= 0.6 is 0 Å². The first kappa shape index (κ1) is 16.2. The smallest absolute Gasteiger partial charge is 0.253 e. The topological polar surface area (TPSA) is 49.4 Å². The molecule has 1 aliphatic rings. The van der Waals surface area contributed by atoms with E-state index in [1.165, 1.54) is 0 Å². The zero-order valence-corrected chi connectivity index (χ0v) is 13.7. The molecule has 4 nitrogen and oxygen atoms in total. The van der Waals surface area contributed by atoms with Crippen molar-refractivity contribution in [3.05, 3.63) is 71.8 Å². The molecule has 1 heterocycles. The number of carbonyl (C=O) groups excluding carboxylic acids is 2. The zero-order chi connectivity index (χ0) is 16.8. The zero-order valence-electron chi connectivity index (χ0n) is 13.7. The molecule has 2 amide bonds. The van der Waals surface area contributed by atoms with Crippen LogP contribution in [0.1, 0.15) is 28.8 Å². The van der Waals surface area contributed by atoms with Crippen LogP contribution in [0.4, 0.5) is 0 Å². The van der Waals surface area contributed by atoms with Gasteiger partial charge in [0, 0.05) is 24.7 Å². The first-order valence-electron chi connectivity index (χ1n) is 8.40. The van der Waals surface area contributed by atoms with Crippen LogP contribution in [-0.4, -0.2) is 35.8 Å². The van der Waals surface area contributed by atoms with Crippen LogP contribution in [0.5, 0.6) is 0 Å². The molecule has 1 saturated heterocycles. The SMILES string of the molecule is O=C(Cc1ccccc1)NC1CCCN(C(=O)c2ccccc2)C1. The van der Waals surface area contributed by atoms with Crippen molar-refractivity contribution in [1.82, 2.24) is 10.2 Å². The molecule has 0 aromatic heterocycles. The van der Waals surface area contributed by atoms with E-state index in [2.05, 4.69) is 5.32 Å². The number of nitrogens with zero attached hydrogens (tertiary/aromatic N) is 1. The van der Waals surface area contributed by atoms with Crippen molar-refractivity contribution in [3.63, 3.8) is 0 Å². The molecule has 2 aromatic rings. The summed E-state index contributed by atoms with van der Waals surface area (Å²) in [6.45, 7) is 1.33. The fraction of sp³-hybridized carbons (Fsp3) is 0.300. The average Bonchev–Trinajstić information content (AvgIpc) is 2.63. The molecule has 1 atom stereocenters. The monoisotopic (exact) mass is 322 g/mol. The molecule has 0 bridgehead atoms. The first-order valence-corrected chi connectivity index (χ1v) is 8.40. The number of amides is 2. The van der Waals surface area contributed by atoms with Gasteiger partial charge in [0.2, 0.25) is 5.91 Å². The summed E-state index contributed by atoms with van der Waals surface area (Å²) in [6, 6.07) is 19.1. The number of benzene rings is 2. The van der Waals surface area contributed by atoms with Crippen LogP contribution in [0.3, 0.4) is 0 Å². The largest absolute Gasteiger partial charge is 0.351 e. The van der Waals surface area contributed by atoms with E-state index in [0.717, 1.165) is 24.9 Å². The Bertz CT molecular complexity index is 685. The van der Waals surface area contributed by atoms with Crippen LogP contribution < -0.4 is 5.32 Å². The van der Waals surface area contributed by atoms with E-state index < -0.39 is 0 Å². The maximum atomic E-state index is 12.5. The van der Waals surface area contributed by atoms with Crippen LogP contribution in [0.2, 0.25) is 0 Å². The molecule has 0 aliphatic carbocycles. The maximum absolute atomic E-state index is 12.5. The Morgan fingerprint density at radius 1 is 1.00 bits per heavy atom. The second-order valence-electron chi connectivity index (χ2n) is 6.19. The molecule has 124 valence electrons. The molecule has 1 aliphatic heterocycles. The third kappa shape index (κ3) is 4.22. The van der Waals surface area contributed by atoms with Gasteiger partial charge in [0.05, 0.1) is 6.42 Å². The Balaban J connectivity index is 1.55. The van der Waals surface area contributed by atoms with E-state index in [-0.39, 0.29) is 17.9 Å². The predicted octanol–water partition coefficient (Wildman–Crippen LogP) is 2.65. The lowest BCUT2D eigenvalue weighted by atomic mass is 10.0. The highest BCUT2D eigenvalue weighted by molar-refractivity contribution is 5.94. The van der Waals surface area contributed by atoms with E-state index >= 15 is 0 Å². The molecule has 1 N–H and O–H groups in total. The summed E-state index contributed by atoms with van der Waals surface area (Å²) in [5, 5.41) is 3.07. The first-order chi connectivity index (χ1) is 11.7. The molecule has 0 spiro atoms. The number of likely N-dealkylation sites (tertiary alicyclic amines) is 1. The Kier molecular flexibility index (Phi) is 5.26. The van der Waals surface area contributed by atoms with Gasteiger partial charge >= 0.3 is 0 Å². The van der Waals surface area contributed by atoms with E-state index in [9.17, 15) is 9.59 Å². The Labute approximate surface area is 142 Å². The number of carbonyl (C=O) groups is 2. The van der Waals surface area contributed by atoms with Crippen molar-refractivity contribution in [2.75, 3.05) is 13.1 Å². The van der Waals surface area contributed by atoms with Crippen molar-refractivity contribution in [3.8, 4) is 0 Å². The van der Waals surface area contributed by atoms with Gasteiger partial charge in [-0.25, -0.2) is 0 Å². The highest BCUT2D eigenvalue weighted by Crippen LogP contribution is 2.14. The van der Waals surface area contributed by atoms with Crippen LogP contribution in [-0.2, 0) is 11.2 Å². The average molecular weight is 322 g/mol. The summed E-state index contributed by atoms with van der Waals surface area (Å²) in [5.41, 5.74) is 1.71. The minimum atomic E-state index is 0.0141. The van der Waals surface area contributed by atoms with Crippen molar-refractivity contribution < 1.29 is 9.59 Å². The number of piperidine rings is 1.